The standard InChI is InChI=1S/C14H26O/c1-6-14(5)15-11-10-13(4)9-7-8-12(2)3/h8,10,14H,6-7,9,11H2,1-5H3/b13-10+. The van der Waals surface area contributed by atoms with E-state index in [1.165, 1.54) is 11.1 Å². The normalized spacial score (nSPS) is 13.8. The lowest BCUT2D eigenvalue weighted by Gasteiger charge is -2.08. The molecule has 1 atom stereocenters. The Balaban J connectivity index is 3.65. The average molecular weight is 210 g/mol. The quantitative estimate of drug-likeness (QED) is 0.562. The fourth-order valence-corrected chi connectivity index (χ4v) is 1.16. The maximum Gasteiger partial charge on any atom is 0.0653 e. The zero-order valence-electron chi connectivity index (χ0n) is 11.0. The molecule has 0 bridgehead atoms. The Bertz CT molecular complexity index is 209. The third-order valence-electron chi connectivity index (χ3n) is 2.48. The summed E-state index contributed by atoms with van der Waals surface area (Å²) in [6.45, 7) is 11.5. The van der Waals surface area contributed by atoms with Crippen LogP contribution in [0, 0.1) is 0 Å². The van der Waals surface area contributed by atoms with E-state index in [2.05, 4.69) is 46.8 Å². The molecule has 0 aliphatic carbocycles. The third kappa shape index (κ3) is 9.74. The first-order valence-corrected chi connectivity index (χ1v) is 5.96. The highest BCUT2D eigenvalue weighted by molar-refractivity contribution is 5.02. The maximum atomic E-state index is 5.60. The van der Waals surface area contributed by atoms with Gasteiger partial charge in [0.25, 0.3) is 0 Å². The van der Waals surface area contributed by atoms with Crippen molar-refractivity contribution in [1.82, 2.24) is 0 Å². The number of ether oxygens (including phenoxy) is 1. The van der Waals surface area contributed by atoms with Crippen LogP contribution in [0.25, 0.3) is 0 Å². The summed E-state index contributed by atoms with van der Waals surface area (Å²) in [5, 5.41) is 0. The van der Waals surface area contributed by atoms with Crippen LogP contribution < -0.4 is 0 Å². The molecule has 0 aromatic carbocycles. The van der Waals surface area contributed by atoms with E-state index in [0.29, 0.717) is 6.10 Å². The first-order valence-electron chi connectivity index (χ1n) is 5.96. The second kappa shape index (κ2) is 8.72. The molecule has 0 spiro atoms. The van der Waals surface area contributed by atoms with Crippen LogP contribution in [0.15, 0.2) is 23.3 Å². The van der Waals surface area contributed by atoms with E-state index in [0.717, 1.165) is 25.9 Å². The van der Waals surface area contributed by atoms with Crippen molar-refractivity contribution in [3.63, 3.8) is 0 Å². The van der Waals surface area contributed by atoms with Gasteiger partial charge in [-0.2, -0.15) is 0 Å². The molecule has 0 aromatic heterocycles. The summed E-state index contributed by atoms with van der Waals surface area (Å²) < 4.78 is 5.60. The molecule has 15 heavy (non-hydrogen) atoms. The molecule has 0 aromatic rings. The zero-order chi connectivity index (χ0) is 11.7. The molecule has 0 aliphatic rings. The summed E-state index contributed by atoms with van der Waals surface area (Å²) in [5.74, 6) is 0. The van der Waals surface area contributed by atoms with Crippen molar-refractivity contribution in [3.8, 4) is 0 Å². The molecule has 0 rings (SSSR count). The van der Waals surface area contributed by atoms with Crippen LogP contribution in [0.4, 0.5) is 0 Å². The molecule has 1 nitrogen and oxygen atoms in total. The van der Waals surface area contributed by atoms with Gasteiger partial charge in [0.05, 0.1) is 12.7 Å². The van der Waals surface area contributed by atoms with Crippen LogP contribution >= 0.6 is 0 Å². The van der Waals surface area contributed by atoms with Gasteiger partial charge < -0.3 is 4.74 Å². The van der Waals surface area contributed by atoms with Gasteiger partial charge in [0, 0.05) is 0 Å². The van der Waals surface area contributed by atoms with E-state index in [9.17, 15) is 0 Å². The molecule has 1 heteroatoms. The van der Waals surface area contributed by atoms with Crippen LogP contribution in [-0.4, -0.2) is 12.7 Å². The van der Waals surface area contributed by atoms with Gasteiger partial charge in [0.15, 0.2) is 0 Å². The van der Waals surface area contributed by atoms with E-state index in [-0.39, 0.29) is 0 Å². The van der Waals surface area contributed by atoms with Gasteiger partial charge in [0.1, 0.15) is 0 Å². The Morgan fingerprint density at radius 1 is 1.20 bits per heavy atom. The first kappa shape index (κ1) is 14.4. The molecule has 0 aliphatic heterocycles. The van der Waals surface area contributed by atoms with Gasteiger partial charge in [-0.15, -0.1) is 0 Å². The summed E-state index contributed by atoms with van der Waals surface area (Å²) in [5.41, 5.74) is 2.83. The molecule has 88 valence electrons. The second-order valence-electron chi connectivity index (χ2n) is 4.42. The van der Waals surface area contributed by atoms with Gasteiger partial charge in [-0.3, -0.25) is 0 Å². The van der Waals surface area contributed by atoms with Crippen molar-refractivity contribution in [1.29, 1.82) is 0 Å². The number of rotatable bonds is 7. The van der Waals surface area contributed by atoms with Crippen LogP contribution in [0.3, 0.4) is 0 Å². The number of hydrogen-bond acceptors (Lipinski definition) is 1. The molecule has 0 saturated carbocycles. The first-order chi connectivity index (χ1) is 7.06. The Labute approximate surface area is 95.2 Å². The summed E-state index contributed by atoms with van der Waals surface area (Å²) in [4.78, 5) is 0. The highest BCUT2D eigenvalue weighted by Gasteiger charge is 1.95. The molecular formula is C14H26O. The molecule has 1 unspecified atom stereocenters. The maximum absolute atomic E-state index is 5.60. The van der Waals surface area contributed by atoms with Crippen molar-refractivity contribution in [3.05, 3.63) is 23.3 Å². The van der Waals surface area contributed by atoms with Crippen molar-refractivity contribution in [2.45, 2.75) is 60.0 Å². The fourth-order valence-electron chi connectivity index (χ4n) is 1.16. The topological polar surface area (TPSA) is 9.23 Å². The number of hydrogen-bond donors (Lipinski definition) is 0. The predicted molar refractivity (Wildman–Crippen MR) is 68.1 cm³/mol. The van der Waals surface area contributed by atoms with Crippen LogP contribution in [-0.2, 0) is 4.74 Å². The van der Waals surface area contributed by atoms with Gasteiger partial charge in [-0.25, -0.2) is 0 Å². The van der Waals surface area contributed by atoms with E-state index in [1.807, 2.05) is 0 Å². The minimum absolute atomic E-state index is 0.381. The molecule has 0 radical (unpaired) electrons. The van der Waals surface area contributed by atoms with E-state index in [1.54, 1.807) is 0 Å². The van der Waals surface area contributed by atoms with Gasteiger partial charge in [-0.05, 0) is 47.0 Å². The average Bonchev–Trinajstić information content (AvgIpc) is 2.17. The van der Waals surface area contributed by atoms with E-state index >= 15 is 0 Å². The van der Waals surface area contributed by atoms with Crippen molar-refractivity contribution < 1.29 is 4.74 Å². The zero-order valence-corrected chi connectivity index (χ0v) is 11.0. The minimum Gasteiger partial charge on any atom is -0.374 e. The predicted octanol–water partition coefficient (Wildman–Crippen LogP) is 4.49. The lowest BCUT2D eigenvalue weighted by molar-refractivity contribution is 0.0853. The summed E-state index contributed by atoms with van der Waals surface area (Å²) in [7, 11) is 0. The Morgan fingerprint density at radius 2 is 1.87 bits per heavy atom. The van der Waals surface area contributed by atoms with E-state index in [4.69, 9.17) is 4.74 Å². The van der Waals surface area contributed by atoms with Gasteiger partial charge in [-0.1, -0.05) is 30.2 Å². The molecule has 0 amide bonds. The van der Waals surface area contributed by atoms with Crippen molar-refractivity contribution in [2.75, 3.05) is 6.61 Å². The molecule has 0 fully saturated rings. The molecule has 0 saturated heterocycles. The largest absolute Gasteiger partial charge is 0.374 e. The highest BCUT2D eigenvalue weighted by Crippen LogP contribution is 2.07. The van der Waals surface area contributed by atoms with Crippen LogP contribution in [0.2, 0.25) is 0 Å². The van der Waals surface area contributed by atoms with Gasteiger partial charge in [0.2, 0.25) is 0 Å². The molecule has 0 N–H and O–H groups in total. The summed E-state index contributed by atoms with van der Waals surface area (Å²) in [6, 6.07) is 0. The third-order valence-corrected chi connectivity index (χ3v) is 2.48. The smallest absolute Gasteiger partial charge is 0.0653 e. The lowest BCUT2D eigenvalue weighted by atomic mass is 10.1. The van der Waals surface area contributed by atoms with Crippen molar-refractivity contribution >= 4 is 0 Å². The molecule has 0 heterocycles. The second-order valence-corrected chi connectivity index (χ2v) is 4.42. The fraction of sp³-hybridized carbons (Fsp3) is 0.714. The van der Waals surface area contributed by atoms with Gasteiger partial charge >= 0.3 is 0 Å². The monoisotopic (exact) mass is 210 g/mol. The van der Waals surface area contributed by atoms with Crippen LogP contribution in [0.1, 0.15) is 53.9 Å². The Morgan fingerprint density at radius 3 is 2.40 bits per heavy atom. The summed E-state index contributed by atoms with van der Waals surface area (Å²) in [6.07, 6.45) is 8.25. The van der Waals surface area contributed by atoms with E-state index < -0.39 is 0 Å². The minimum atomic E-state index is 0.381. The molecular weight excluding hydrogens is 184 g/mol. The number of allylic oxidation sites excluding steroid dienone is 3. The van der Waals surface area contributed by atoms with Crippen molar-refractivity contribution in [2.24, 2.45) is 0 Å². The SMILES string of the molecule is CCC(C)OC/C=C(\C)CCC=C(C)C. The summed E-state index contributed by atoms with van der Waals surface area (Å²) >= 11 is 0. The Hall–Kier alpha value is -0.560. The lowest BCUT2D eigenvalue weighted by Crippen LogP contribution is -2.06. The highest BCUT2D eigenvalue weighted by atomic mass is 16.5. The Kier molecular flexibility index (Phi) is 8.40. The van der Waals surface area contributed by atoms with Crippen LogP contribution in [0.5, 0.6) is 0 Å².